The molecule has 0 aromatic heterocycles. The van der Waals surface area contributed by atoms with Crippen LogP contribution in [0.2, 0.25) is 0 Å². The largest absolute Gasteiger partial charge is 0.496 e. The van der Waals surface area contributed by atoms with Gasteiger partial charge in [-0.2, -0.15) is 0 Å². The Balaban J connectivity index is 2.02. The predicted molar refractivity (Wildman–Crippen MR) is 84.1 cm³/mol. The monoisotopic (exact) mass is 276 g/mol. The molecule has 1 atom stereocenters. The number of piperidine rings is 1. The van der Waals surface area contributed by atoms with Gasteiger partial charge >= 0.3 is 0 Å². The third-order valence-corrected chi connectivity index (χ3v) is 4.45. The van der Waals surface area contributed by atoms with E-state index in [4.69, 9.17) is 10.5 Å². The first-order valence-corrected chi connectivity index (χ1v) is 7.54. The molecule has 1 heterocycles. The lowest BCUT2D eigenvalue weighted by molar-refractivity contribution is 0.126. The topological polar surface area (TPSA) is 38.5 Å². The quantitative estimate of drug-likeness (QED) is 0.918. The van der Waals surface area contributed by atoms with Gasteiger partial charge in [0.1, 0.15) is 5.75 Å². The lowest BCUT2D eigenvalue weighted by atomic mass is 9.82. The Hall–Kier alpha value is -1.06. The maximum absolute atomic E-state index is 6.42. The summed E-state index contributed by atoms with van der Waals surface area (Å²) in [6.45, 7) is 10.0. The van der Waals surface area contributed by atoms with Gasteiger partial charge in [0, 0.05) is 18.2 Å². The van der Waals surface area contributed by atoms with Crippen LogP contribution in [-0.2, 0) is 0 Å². The fraction of sp³-hybridized carbons (Fsp3) is 0.647. The summed E-state index contributed by atoms with van der Waals surface area (Å²) in [4.78, 5) is 2.48. The molecular formula is C17H28N2O. The van der Waals surface area contributed by atoms with Gasteiger partial charge in [0.2, 0.25) is 0 Å². The Morgan fingerprint density at radius 1 is 1.30 bits per heavy atom. The number of nitrogens with zero attached hydrogens (tertiary/aromatic N) is 1. The van der Waals surface area contributed by atoms with Crippen molar-refractivity contribution >= 4 is 0 Å². The Morgan fingerprint density at radius 2 is 1.95 bits per heavy atom. The summed E-state index contributed by atoms with van der Waals surface area (Å²) in [5.41, 5.74) is 9.26. The Morgan fingerprint density at radius 3 is 2.55 bits per heavy atom. The first-order chi connectivity index (χ1) is 9.41. The number of nitrogens with two attached hydrogens (primary N) is 1. The van der Waals surface area contributed by atoms with Gasteiger partial charge in [0.25, 0.3) is 0 Å². The molecule has 0 amide bonds. The Labute approximate surface area is 123 Å². The van der Waals surface area contributed by atoms with Crippen LogP contribution in [0.25, 0.3) is 0 Å². The molecule has 20 heavy (non-hydrogen) atoms. The van der Waals surface area contributed by atoms with Crippen molar-refractivity contribution in [2.45, 2.75) is 39.7 Å². The van der Waals surface area contributed by atoms with Gasteiger partial charge in [-0.3, -0.25) is 0 Å². The van der Waals surface area contributed by atoms with Crippen molar-refractivity contribution in [3.8, 4) is 5.75 Å². The fourth-order valence-electron chi connectivity index (χ4n) is 2.86. The van der Waals surface area contributed by atoms with Crippen LogP contribution >= 0.6 is 0 Å². The maximum Gasteiger partial charge on any atom is 0.123 e. The van der Waals surface area contributed by atoms with E-state index in [1.807, 2.05) is 6.07 Å². The van der Waals surface area contributed by atoms with E-state index < -0.39 is 0 Å². The number of benzene rings is 1. The first-order valence-electron chi connectivity index (χ1n) is 7.54. The molecule has 1 fully saturated rings. The van der Waals surface area contributed by atoms with Crippen LogP contribution in [0.1, 0.15) is 43.9 Å². The van der Waals surface area contributed by atoms with Crippen LogP contribution in [0.4, 0.5) is 0 Å². The van der Waals surface area contributed by atoms with Crippen molar-refractivity contribution in [1.82, 2.24) is 4.90 Å². The summed E-state index contributed by atoms with van der Waals surface area (Å²) >= 11 is 0. The molecule has 1 unspecified atom stereocenters. The molecule has 3 heteroatoms. The van der Waals surface area contributed by atoms with E-state index >= 15 is 0 Å². The lowest BCUT2D eigenvalue weighted by Crippen LogP contribution is -2.41. The number of aryl methyl sites for hydroxylation is 1. The zero-order valence-electron chi connectivity index (χ0n) is 13.3. The number of methoxy groups -OCH3 is 1. The molecule has 1 saturated heterocycles. The number of likely N-dealkylation sites (tertiary alicyclic amines) is 1. The Kier molecular flexibility index (Phi) is 4.71. The zero-order valence-corrected chi connectivity index (χ0v) is 13.3. The minimum Gasteiger partial charge on any atom is -0.496 e. The van der Waals surface area contributed by atoms with Gasteiger partial charge in [-0.1, -0.05) is 31.5 Å². The van der Waals surface area contributed by atoms with Crippen LogP contribution in [0.3, 0.4) is 0 Å². The summed E-state index contributed by atoms with van der Waals surface area (Å²) in [7, 11) is 1.71. The third-order valence-electron chi connectivity index (χ3n) is 4.45. The molecule has 0 radical (unpaired) electrons. The molecule has 112 valence electrons. The average molecular weight is 276 g/mol. The highest BCUT2D eigenvalue weighted by Gasteiger charge is 2.26. The predicted octanol–water partition coefficient (Wildman–Crippen LogP) is 3.13. The lowest BCUT2D eigenvalue weighted by Gasteiger charge is -2.38. The zero-order chi connectivity index (χ0) is 14.8. The number of rotatable bonds is 4. The average Bonchev–Trinajstić information content (AvgIpc) is 2.41. The number of hydrogen-bond donors (Lipinski definition) is 1. The van der Waals surface area contributed by atoms with E-state index in [-0.39, 0.29) is 6.04 Å². The fourth-order valence-corrected chi connectivity index (χ4v) is 2.86. The molecule has 1 aliphatic rings. The summed E-state index contributed by atoms with van der Waals surface area (Å²) in [5, 5.41) is 0. The molecule has 1 aromatic carbocycles. The van der Waals surface area contributed by atoms with E-state index in [1.165, 1.54) is 18.4 Å². The van der Waals surface area contributed by atoms with E-state index in [0.29, 0.717) is 5.41 Å². The first kappa shape index (κ1) is 15.3. The van der Waals surface area contributed by atoms with E-state index in [1.54, 1.807) is 7.11 Å². The minimum atomic E-state index is 0.0195. The second-order valence-electron chi connectivity index (χ2n) is 6.82. The van der Waals surface area contributed by atoms with Crippen LogP contribution < -0.4 is 10.5 Å². The van der Waals surface area contributed by atoms with Crippen molar-refractivity contribution in [2.24, 2.45) is 11.1 Å². The van der Waals surface area contributed by atoms with Gasteiger partial charge < -0.3 is 15.4 Å². The van der Waals surface area contributed by atoms with Crippen LogP contribution in [0.15, 0.2) is 18.2 Å². The molecule has 0 bridgehead atoms. The minimum absolute atomic E-state index is 0.0195. The SMILES string of the molecule is COc1ccc(C)cc1C(N)CN1CCC(C)(C)CC1. The molecule has 2 N–H and O–H groups in total. The number of hydrogen-bond acceptors (Lipinski definition) is 3. The summed E-state index contributed by atoms with van der Waals surface area (Å²) in [5.74, 6) is 0.903. The van der Waals surface area contributed by atoms with Gasteiger partial charge in [-0.25, -0.2) is 0 Å². The van der Waals surface area contributed by atoms with Crippen molar-refractivity contribution < 1.29 is 4.74 Å². The second-order valence-corrected chi connectivity index (χ2v) is 6.82. The number of ether oxygens (including phenoxy) is 1. The standard InChI is InChI=1S/C17H28N2O/c1-13-5-6-16(20-4)14(11-13)15(18)12-19-9-7-17(2,3)8-10-19/h5-6,11,15H,7-10,12,18H2,1-4H3. The Bertz CT molecular complexity index is 446. The van der Waals surface area contributed by atoms with Gasteiger partial charge in [-0.15, -0.1) is 0 Å². The highest BCUT2D eigenvalue weighted by Crippen LogP contribution is 2.31. The van der Waals surface area contributed by atoms with Crippen molar-refractivity contribution in [2.75, 3.05) is 26.7 Å². The maximum atomic E-state index is 6.42. The summed E-state index contributed by atoms with van der Waals surface area (Å²) in [6.07, 6.45) is 2.51. The molecule has 3 nitrogen and oxygen atoms in total. The normalized spacial score (nSPS) is 20.6. The van der Waals surface area contributed by atoms with Crippen molar-refractivity contribution in [3.05, 3.63) is 29.3 Å². The molecule has 1 aromatic rings. The van der Waals surface area contributed by atoms with Crippen molar-refractivity contribution in [3.63, 3.8) is 0 Å². The van der Waals surface area contributed by atoms with Crippen LogP contribution in [-0.4, -0.2) is 31.6 Å². The molecular weight excluding hydrogens is 248 g/mol. The molecule has 1 aliphatic heterocycles. The molecule has 2 rings (SSSR count). The highest BCUT2D eigenvalue weighted by atomic mass is 16.5. The highest BCUT2D eigenvalue weighted by molar-refractivity contribution is 5.39. The summed E-state index contributed by atoms with van der Waals surface area (Å²) in [6, 6.07) is 6.26. The van der Waals surface area contributed by atoms with Crippen LogP contribution in [0, 0.1) is 12.3 Å². The smallest absolute Gasteiger partial charge is 0.123 e. The van der Waals surface area contributed by atoms with E-state index in [9.17, 15) is 0 Å². The van der Waals surface area contributed by atoms with Gasteiger partial charge in [0.05, 0.1) is 7.11 Å². The van der Waals surface area contributed by atoms with Crippen molar-refractivity contribution in [1.29, 1.82) is 0 Å². The van der Waals surface area contributed by atoms with Crippen LogP contribution in [0.5, 0.6) is 5.75 Å². The molecule has 0 spiro atoms. The van der Waals surface area contributed by atoms with Gasteiger partial charge in [-0.05, 0) is 44.3 Å². The molecule has 0 saturated carbocycles. The third kappa shape index (κ3) is 3.74. The summed E-state index contributed by atoms with van der Waals surface area (Å²) < 4.78 is 5.45. The van der Waals surface area contributed by atoms with E-state index in [0.717, 1.165) is 30.9 Å². The van der Waals surface area contributed by atoms with E-state index in [2.05, 4.69) is 37.8 Å². The second kappa shape index (κ2) is 6.15. The van der Waals surface area contributed by atoms with Gasteiger partial charge in [0.15, 0.2) is 0 Å². The molecule has 0 aliphatic carbocycles.